The van der Waals surface area contributed by atoms with Gasteiger partial charge in [0.05, 0.1) is 6.04 Å². The molecular weight excluding hydrogens is 349 g/mol. The molecule has 2 aromatic carbocycles. The van der Waals surface area contributed by atoms with Crippen molar-refractivity contribution >= 4 is 31.7 Å². The van der Waals surface area contributed by atoms with Crippen LogP contribution in [-0.2, 0) is 12.1 Å². The number of aromatic nitrogens is 1. The summed E-state index contributed by atoms with van der Waals surface area (Å²) in [6.45, 7) is 0.790. The molecule has 0 aliphatic carbocycles. The van der Waals surface area contributed by atoms with E-state index in [1.807, 2.05) is 24.3 Å². The van der Waals surface area contributed by atoms with Gasteiger partial charge in [-0.3, -0.25) is 0 Å². The van der Waals surface area contributed by atoms with Crippen molar-refractivity contribution in [3.8, 4) is 0 Å². The average molecular weight is 365 g/mol. The van der Waals surface area contributed by atoms with Crippen LogP contribution in [0.5, 0.6) is 0 Å². The second kappa shape index (κ2) is 5.80. The van der Waals surface area contributed by atoms with E-state index in [1.54, 1.807) is 21.4 Å². The monoisotopic (exact) mass is 364 g/mol. The quantitative estimate of drug-likeness (QED) is 0.617. The number of benzene rings is 2. The summed E-state index contributed by atoms with van der Waals surface area (Å²) in [6, 6.07) is 12.2. The lowest BCUT2D eigenvalue weighted by Crippen LogP contribution is -2.30. The molecule has 2 unspecified atom stereocenters. The van der Waals surface area contributed by atoms with Gasteiger partial charge < -0.3 is 10.3 Å². The molecule has 0 fully saturated rings. The van der Waals surface area contributed by atoms with Crippen molar-refractivity contribution in [2.75, 3.05) is 6.54 Å². The smallest absolute Gasteiger partial charge is 0.283 e. The molecule has 2 heterocycles. The standard InChI is InChI=1S/C18H16ClF2N2P/c19-12-4-5-15-14(9-12)13-6-7-22-16(17(13)23-15)10-2-1-3-11(8-10)18(20,21)24/h1-5,8-9,16,22-23H,6-7,24H2. The number of rotatable bonds is 2. The Kier molecular flexibility index (Phi) is 3.87. The fraction of sp³-hybridized carbons (Fsp3) is 0.222. The molecule has 4 rings (SSSR count). The summed E-state index contributed by atoms with van der Waals surface area (Å²) in [5.74, 6) is 0. The van der Waals surface area contributed by atoms with E-state index in [2.05, 4.69) is 10.3 Å². The molecule has 2 N–H and O–H groups in total. The molecule has 1 aliphatic rings. The minimum Gasteiger partial charge on any atom is -0.357 e. The summed E-state index contributed by atoms with van der Waals surface area (Å²) >= 11 is 6.13. The van der Waals surface area contributed by atoms with E-state index in [-0.39, 0.29) is 11.6 Å². The van der Waals surface area contributed by atoms with Crippen molar-refractivity contribution in [2.45, 2.75) is 18.1 Å². The third-order valence-electron chi connectivity index (χ3n) is 4.52. The fourth-order valence-corrected chi connectivity index (χ4v) is 3.76. The van der Waals surface area contributed by atoms with Crippen LogP contribution in [-0.4, -0.2) is 11.5 Å². The van der Waals surface area contributed by atoms with Gasteiger partial charge >= 0.3 is 0 Å². The number of hydrogen-bond donors (Lipinski definition) is 2. The molecule has 0 bridgehead atoms. The number of H-pyrrole nitrogens is 1. The minimum atomic E-state index is -2.93. The highest BCUT2D eigenvalue weighted by molar-refractivity contribution is 7.17. The molecule has 0 amide bonds. The number of alkyl halides is 2. The summed E-state index contributed by atoms with van der Waals surface area (Å²) in [6.07, 6.45) is 0.881. The maximum atomic E-state index is 13.6. The Hall–Kier alpha value is -1.48. The Morgan fingerprint density at radius 3 is 2.79 bits per heavy atom. The number of nitrogens with one attached hydrogen (secondary N) is 2. The van der Waals surface area contributed by atoms with Crippen LogP contribution in [0.3, 0.4) is 0 Å². The summed E-state index contributed by atoms with van der Waals surface area (Å²) < 4.78 is 27.3. The first kappa shape index (κ1) is 16.0. The highest BCUT2D eigenvalue weighted by atomic mass is 35.5. The number of hydrogen-bond acceptors (Lipinski definition) is 1. The Bertz CT molecular complexity index is 917. The van der Waals surface area contributed by atoms with Gasteiger partial charge in [0.25, 0.3) is 5.66 Å². The van der Waals surface area contributed by atoms with Gasteiger partial charge in [-0.25, -0.2) is 0 Å². The van der Waals surface area contributed by atoms with Crippen molar-refractivity contribution in [2.24, 2.45) is 0 Å². The Labute approximate surface area is 145 Å². The molecule has 124 valence electrons. The van der Waals surface area contributed by atoms with E-state index in [4.69, 9.17) is 11.6 Å². The van der Waals surface area contributed by atoms with Gasteiger partial charge in [-0.05, 0) is 41.8 Å². The van der Waals surface area contributed by atoms with E-state index in [9.17, 15) is 8.78 Å². The van der Waals surface area contributed by atoms with Crippen LogP contribution < -0.4 is 5.32 Å². The lowest BCUT2D eigenvalue weighted by atomic mass is 9.93. The molecule has 1 aromatic heterocycles. The van der Waals surface area contributed by atoms with Crippen molar-refractivity contribution < 1.29 is 8.78 Å². The molecule has 0 saturated heterocycles. The van der Waals surface area contributed by atoms with Gasteiger partial charge in [0.1, 0.15) is 0 Å². The van der Waals surface area contributed by atoms with E-state index < -0.39 is 5.66 Å². The topological polar surface area (TPSA) is 27.8 Å². The first-order valence-electron chi connectivity index (χ1n) is 7.74. The van der Waals surface area contributed by atoms with Crippen LogP contribution in [0.15, 0.2) is 42.5 Å². The van der Waals surface area contributed by atoms with E-state index >= 15 is 0 Å². The molecule has 24 heavy (non-hydrogen) atoms. The van der Waals surface area contributed by atoms with Gasteiger partial charge in [0.2, 0.25) is 0 Å². The average Bonchev–Trinajstić information content (AvgIpc) is 2.92. The Balaban J connectivity index is 1.84. The minimum absolute atomic E-state index is 0.00178. The predicted molar refractivity (Wildman–Crippen MR) is 96.9 cm³/mol. The van der Waals surface area contributed by atoms with Gasteiger partial charge in [-0.2, -0.15) is 8.78 Å². The predicted octanol–water partition coefficient (Wildman–Crippen LogP) is 4.98. The van der Waals surface area contributed by atoms with Crippen molar-refractivity contribution in [1.82, 2.24) is 10.3 Å². The zero-order valence-electron chi connectivity index (χ0n) is 12.7. The Morgan fingerprint density at radius 1 is 1.17 bits per heavy atom. The van der Waals surface area contributed by atoms with E-state index in [1.165, 1.54) is 11.6 Å². The van der Waals surface area contributed by atoms with Crippen LogP contribution in [0.1, 0.15) is 28.4 Å². The molecule has 0 spiro atoms. The van der Waals surface area contributed by atoms with Crippen molar-refractivity contribution in [3.05, 3.63) is 69.9 Å². The lowest BCUT2D eigenvalue weighted by molar-refractivity contribution is 0.104. The second-order valence-electron chi connectivity index (χ2n) is 6.09. The zero-order chi connectivity index (χ0) is 16.9. The maximum absolute atomic E-state index is 13.6. The molecule has 0 saturated carbocycles. The second-order valence-corrected chi connectivity index (χ2v) is 7.25. The lowest BCUT2D eigenvalue weighted by Gasteiger charge is -2.25. The maximum Gasteiger partial charge on any atom is 0.283 e. The highest BCUT2D eigenvalue weighted by Gasteiger charge is 2.28. The molecule has 2 atom stereocenters. The van der Waals surface area contributed by atoms with Crippen LogP contribution in [0.4, 0.5) is 8.78 Å². The third-order valence-corrected chi connectivity index (χ3v) is 5.09. The molecule has 3 aromatic rings. The molecular formula is C18H16ClF2N2P. The van der Waals surface area contributed by atoms with Gasteiger partial charge in [0.15, 0.2) is 0 Å². The third kappa shape index (κ3) is 2.73. The number of halogens is 3. The summed E-state index contributed by atoms with van der Waals surface area (Å²) in [4.78, 5) is 3.44. The van der Waals surface area contributed by atoms with Gasteiger partial charge in [-0.15, -0.1) is 0 Å². The summed E-state index contributed by atoms with van der Waals surface area (Å²) in [5.41, 5.74) is 1.15. The molecule has 1 aliphatic heterocycles. The van der Waals surface area contributed by atoms with Crippen molar-refractivity contribution in [3.63, 3.8) is 0 Å². The normalized spacial score (nSPS) is 17.9. The van der Waals surface area contributed by atoms with Crippen LogP contribution in [0.2, 0.25) is 5.02 Å². The largest absolute Gasteiger partial charge is 0.357 e. The van der Waals surface area contributed by atoms with Crippen LogP contribution in [0.25, 0.3) is 10.9 Å². The highest BCUT2D eigenvalue weighted by Crippen LogP contribution is 2.38. The Morgan fingerprint density at radius 2 is 2.00 bits per heavy atom. The van der Waals surface area contributed by atoms with Gasteiger partial charge in [0, 0.05) is 33.7 Å². The molecule has 6 heteroatoms. The zero-order valence-corrected chi connectivity index (χ0v) is 14.7. The van der Waals surface area contributed by atoms with E-state index in [0.717, 1.165) is 35.1 Å². The first-order valence-corrected chi connectivity index (χ1v) is 8.69. The molecule has 0 radical (unpaired) electrons. The number of fused-ring (bicyclic) bond motifs is 3. The van der Waals surface area contributed by atoms with E-state index in [0.29, 0.717) is 5.02 Å². The summed E-state index contributed by atoms with van der Waals surface area (Å²) in [5, 5.41) is 5.24. The fourth-order valence-electron chi connectivity index (χ4n) is 3.41. The first-order chi connectivity index (χ1) is 11.4. The van der Waals surface area contributed by atoms with Crippen molar-refractivity contribution in [1.29, 1.82) is 0 Å². The van der Waals surface area contributed by atoms with Crippen LogP contribution in [0, 0.1) is 0 Å². The van der Waals surface area contributed by atoms with Crippen LogP contribution >= 0.6 is 20.8 Å². The molecule has 2 nitrogen and oxygen atoms in total. The van der Waals surface area contributed by atoms with Gasteiger partial charge in [-0.1, -0.05) is 39.0 Å². The SMILES string of the molecule is FC(F)(P)c1cccc(C2NCCc3c2[nH]c2ccc(Cl)cc32)c1. The summed E-state index contributed by atoms with van der Waals surface area (Å²) in [7, 11) is 1.60. The number of aromatic amines is 1.